The zero-order valence-electron chi connectivity index (χ0n) is 74.2. The molecule has 0 aliphatic carbocycles. The lowest BCUT2D eigenvalue weighted by atomic mass is 9.81. The molecular formula is C85H109BBr2ClN21O21. The van der Waals surface area contributed by atoms with E-state index < -0.39 is 93.5 Å². The molecule has 7 aromatic rings. The van der Waals surface area contributed by atoms with Gasteiger partial charge in [-0.25, -0.2) is 14.4 Å². The lowest BCUT2D eigenvalue weighted by molar-refractivity contribution is -0.140. The summed E-state index contributed by atoms with van der Waals surface area (Å²) >= 11 is 11.0. The number of nitriles is 4. The van der Waals surface area contributed by atoms with Gasteiger partial charge in [-0.05, 0) is 173 Å². The van der Waals surface area contributed by atoms with Crippen molar-refractivity contribution >= 4 is 127 Å². The van der Waals surface area contributed by atoms with E-state index in [-0.39, 0.29) is 108 Å². The van der Waals surface area contributed by atoms with E-state index >= 15 is 0 Å². The number of aldehydes is 1. The summed E-state index contributed by atoms with van der Waals surface area (Å²) in [4.78, 5) is 131. The molecule has 42 nitrogen and oxygen atoms in total. The maximum Gasteiger partial charge on any atom is 0.488 e. The number of nitrogen functional groups attached to an aromatic ring is 1. The molecule has 4 saturated heterocycles. The predicted octanol–water partition coefficient (Wildman–Crippen LogP) is 6.63. The summed E-state index contributed by atoms with van der Waals surface area (Å²) in [6.07, 6.45) is 10.9. The number of likely N-dealkylation sites (tertiary alicyclic amines) is 3. The average Bonchev–Trinajstić information content (AvgIpc) is 1.66. The summed E-state index contributed by atoms with van der Waals surface area (Å²) in [6, 6.07) is 27.6. The summed E-state index contributed by atoms with van der Waals surface area (Å²) in [5.41, 5.74) is 26.3. The van der Waals surface area contributed by atoms with Gasteiger partial charge in [-0.1, -0.05) is 42.5 Å². The standard InChI is InChI=1S/C21H24BrN5O4.C19H27N5O5.C16H24N6O3.C14H19N5O3.C7H5BrO2.C6H7BO2.C2H3ClO2/c1-31-19(29)11-17-15(20(24)30)13-27(25-17)21(4-7-23)5-8-26(9-6-21)12-14-2-3-16(22)18(28)10-14;1-18(2,3)29-17(27)23-9-6-19(5-8-20,7-10-23)24-12-13(16(21)26)14(22-24)11-15(25)28-4;1-15(2,3)25-14(24)21-8-5-16(4-7-17,6-9-21)22-10-11(13(19)23)12(18)20-22;1-22-12(20)8-11-10(13(16)21)9-19(18-11)14(2-5-15)3-6-17-7-4-14;8-6-2-1-5(4-9)3-7(6)10;8-7(9)6-4-2-1-3-5-6;1-5-2(3)4/h2-3,10,13,28H,4-6,8-9,11-12H2,1H3,(H2,24,30);12H,5-7,9-11H2,1-4H3,(H2,21,26);10H,4-6,8-9H2,1-3H3,(H2,18,20)(H2,19,23);9,17H,2-4,6-8H2,1H3,(H2,16,21);1-4,10H;1-5,8-9H;1H3. The third-order valence-corrected chi connectivity index (χ3v) is 22.7. The maximum absolute atomic E-state index is 12.3. The van der Waals surface area contributed by atoms with Crippen molar-refractivity contribution in [3.05, 3.63) is 151 Å². The highest BCUT2D eigenvalue weighted by Gasteiger charge is 2.44. The molecule has 11 rings (SSSR count). The van der Waals surface area contributed by atoms with Crippen LogP contribution in [0.3, 0.4) is 0 Å². The van der Waals surface area contributed by atoms with E-state index in [2.05, 4.69) is 117 Å². The number of nitrogens with one attached hydrogen (secondary N) is 1. The third kappa shape index (κ3) is 32.3. The number of amides is 6. The number of ether oxygens (including phenoxy) is 6. The van der Waals surface area contributed by atoms with Gasteiger partial charge in [-0.15, -0.1) is 0 Å². The Morgan fingerprint density at radius 1 is 0.504 bits per heavy atom. The fourth-order valence-electron chi connectivity index (χ4n) is 14.0. The van der Waals surface area contributed by atoms with Gasteiger partial charge in [0, 0.05) is 87.8 Å². The fourth-order valence-corrected chi connectivity index (χ4v) is 14.5. The molecule has 0 atom stereocenters. The van der Waals surface area contributed by atoms with Crippen molar-refractivity contribution in [1.29, 1.82) is 21.0 Å². The fraction of sp³-hybridized carbons (Fsp3) is 0.471. The minimum Gasteiger partial charge on any atom is -0.507 e. The van der Waals surface area contributed by atoms with Crippen LogP contribution >= 0.6 is 43.5 Å². The van der Waals surface area contributed by atoms with Crippen molar-refractivity contribution in [3.63, 3.8) is 0 Å². The first-order valence-corrected chi connectivity index (χ1v) is 42.6. The number of benzene rings is 3. The summed E-state index contributed by atoms with van der Waals surface area (Å²) in [6.45, 7) is 16.0. The van der Waals surface area contributed by atoms with Crippen LogP contribution in [0.15, 0.2) is 100 Å². The van der Waals surface area contributed by atoms with E-state index in [4.69, 9.17) is 58.6 Å². The van der Waals surface area contributed by atoms with E-state index in [9.17, 15) is 73.6 Å². The van der Waals surface area contributed by atoms with Gasteiger partial charge in [0.2, 0.25) is 0 Å². The molecule has 0 bridgehead atoms. The molecule has 4 fully saturated rings. The number of methoxy groups -OCH3 is 4. The molecule has 15 N–H and O–H groups in total. The number of phenols is 2. The van der Waals surface area contributed by atoms with Crippen LogP contribution in [0.25, 0.3) is 0 Å². The highest BCUT2D eigenvalue weighted by Crippen LogP contribution is 2.39. The van der Waals surface area contributed by atoms with E-state index in [1.54, 1.807) is 104 Å². The SMILES string of the molecule is CC(C)(C)OC(=O)N1CCC(CC#N)(n2cc(C(N)=O)c(N)n2)CC1.COC(=O)Cc1nn(C2(CC#N)CCN(C(=O)OC(C)(C)C)CC2)cc1C(N)=O.COC(=O)Cc1nn(C2(CC#N)CCN(Cc3ccc(Br)c(O)c3)CC2)cc1C(N)=O.COC(=O)Cc1nn(C2(CC#N)CCNCC2)cc1C(N)=O.COC(=O)Cl.O=Cc1ccc(Br)c(O)c1.OB(O)c1ccccc1. The molecule has 131 heavy (non-hydrogen) atoms. The lowest BCUT2D eigenvalue weighted by Crippen LogP contribution is -2.49. The minimum atomic E-state index is -1.34. The lowest BCUT2D eigenvalue weighted by Gasteiger charge is -2.41. The van der Waals surface area contributed by atoms with Crippen LogP contribution in [0, 0.1) is 45.3 Å². The molecule has 0 unspecified atom stereocenters. The number of nitrogens with zero attached hydrogens (tertiary/aromatic N) is 15. The molecule has 46 heteroatoms. The number of nitrogens with two attached hydrogens (primary N) is 5. The first kappa shape index (κ1) is 109. The quantitative estimate of drug-likeness (QED) is 0.0112. The number of carbonyl (C=O) groups is 11. The first-order chi connectivity index (χ1) is 61.7. The number of hydrogen-bond acceptors (Lipinski definition) is 32. The van der Waals surface area contributed by atoms with Crippen molar-refractivity contribution < 1.29 is 101 Å². The Bertz CT molecular complexity index is 5300. The van der Waals surface area contributed by atoms with E-state index in [0.717, 1.165) is 31.5 Å². The molecule has 4 aliphatic rings. The van der Waals surface area contributed by atoms with Crippen molar-refractivity contribution in [2.75, 3.05) is 86.5 Å². The van der Waals surface area contributed by atoms with E-state index in [0.29, 0.717) is 111 Å². The van der Waals surface area contributed by atoms with Gasteiger partial charge >= 0.3 is 42.6 Å². The summed E-state index contributed by atoms with van der Waals surface area (Å²) in [7, 11) is 3.66. The number of halogens is 3. The van der Waals surface area contributed by atoms with Crippen molar-refractivity contribution in [2.24, 2.45) is 22.9 Å². The molecule has 8 heterocycles. The minimum absolute atomic E-state index is 0.0411. The second kappa shape index (κ2) is 50.2. The molecule has 0 saturated carbocycles. The first-order valence-electron chi connectivity index (χ1n) is 40.7. The number of carbonyl (C=O) groups excluding carboxylic acids is 11. The highest BCUT2D eigenvalue weighted by atomic mass is 79.9. The molecule has 4 aliphatic heterocycles. The molecule has 0 spiro atoms. The number of primary amides is 4. The largest absolute Gasteiger partial charge is 0.507 e. The van der Waals surface area contributed by atoms with Gasteiger partial charge < -0.3 is 92.5 Å². The summed E-state index contributed by atoms with van der Waals surface area (Å²) in [5.74, 6) is -3.94. The van der Waals surface area contributed by atoms with E-state index in [1.165, 1.54) is 46.9 Å². The van der Waals surface area contributed by atoms with E-state index in [1.807, 2.05) is 39.0 Å². The summed E-state index contributed by atoms with van der Waals surface area (Å²) < 4.78 is 36.2. The van der Waals surface area contributed by atoms with Crippen LogP contribution in [0.5, 0.6) is 11.5 Å². The molecule has 704 valence electrons. The van der Waals surface area contributed by atoms with Crippen LogP contribution in [0.2, 0.25) is 0 Å². The van der Waals surface area contributed by atoms with Crippen LogP contribution in [-0.2, 0) is 90.8 Å². The number of esters is 3. The maximum atomic E-state index is 12.3. The topological polar surface area (TPSA) is 642 Å². The van der Waals surface area contributed by atoms with Crippen molar-refractivity contribution in [3.8, 4) is 35.8 Å². The number of aromatic hydroxyl groups is 2. The number of anilines is 1. The second-order valence-corrected chi connectivity index (χ2v) is 34.4. The number of piperidine rings is 4. The Balaban J connectivity index is 0.000000285. The molecular weight excluding hydrogens is 1860 g/mol. The van der Waals surface area contributed by atoms with Crippen LogP contribution in [0.4, 0.5) is 20.2 Å². The zero-order chi connectivity index (χ0) is 97.9. The van der Waals surface area contributed by atoms with Gasteiger partial charge in [-0.2, -0.15) is 41.4 Å². The highest BCUT2D eigenvalue weighted by molar-refractivity contribution is 9.11. The monoisotopic (exact) mass is 1960 g/mol. The second-order valence-electron chi connectivity index (χ2n) is 32.4. The Morgan fingerprint density at radius 3 is 1.12 bits per heavy atom. The molecule has 0 radical (unpaired) electrons. The van der Waals surface area contributed by atoms with Crippen LogP contribution in [0.1, 0.15) is 193 Å². The third-order valence-electron chi connectivity index (χ3n) is 21.2. The van der Waals surface area contributed by atoms with Crippen LogP contribution < -0.4 is 39.4 Å². The van der Waals surface area contributed by atoms with Gasteiger partial charge in [0.05, 0.1) is 163 Å². The molecule has 6 amide bonds. The van der Waals surface area contributed by atoms with Gasteiger partial charge in [0.15, 0.2) is 5.82 Å². The number of aromatic nitrogens is 8. The predicted molar refractivity (Wildman–Crippen MR) is 480 cm³/mol. The van der Waals surface area contributed by atoms with Crippen molar-refractivity contribution in [2.45, 2.75) is 178 Å². The number of phenolic OH excluding ortho intramolecular Hbond substituents is 2. The number of rotatable bonds is 22. The Hall–Kier alpha value is -13.0. The number of hydrogen-bond donors (Lipinski definition) is 10. The van der Waals surface area contributed by atoms with Gasteiger partial charge in [0.1, 0.15) is 34.6 Å². The normalized spacial score (nSPS) is 15.0. The molecule has 3 aromatic carbocycles. The molecule has 4 aromatic heterocycles. The smallest absolute Gasteiger partial charge is 0.488 e. The van der Waals surface area contributed by atoms with Gasteiger partial charge in [-0.3, -0.25) is 62.0 Å². The van der Waals surface area contributed by atoms with Crippen LogP contribution in [-0.4, -0.2) is 239 Å². The zero-order valence-corrected chi connectivity index (χ0v) is 78.2. The van der Waals surface area contributed by atoms with Crippen molar-refractivity contribution in [1.82, 2.24) is 59.1 Å². The van der Waals surface area contributed by atoms with Gasteiger partial charge in [0.25, 0.3) is 23.6 Å². The summed E-state index contributed by atoms with van der Waals surface area (Å²) in [5, 5.41) is 94.0. The Morgan fingerprint density at radius 2 is 0.832 bits per heavy atom. The Labute approximate surface area is 778 Å². The Kier molecular flexibility index (Phi) is 41.6. The average molecular weight is 1970 g/mol.